The predicted molar refractivity (Wildman–Crippen MR) is 85.8 cm³/mol. The molecule has 0 saturated carbocycles. The van der Waals surface area contributed by atoms with Crippen molar-refractivity contribution >= 4 is 44.5 Å². The van der Waals surface area contributed by atoms with Crippen molar-refractivity contribution in [3.63, 3.8) is 0 Å². The number of likely N-dealkylation sites (tertiary alicyclic amines) is 1. The molecule has 21 heavy (non-hydrogen) atoms. The van der Waals surface area contributed by atoms with Crippen LogP contribution in [0.3, 0.4) is 0 Å². The number of rotatable bonds is 5. The number of amides is 1. The number of hydrogen-bond acceptors (Lipinski definition) is 5. The van der Waals surface area contributed by atoms with Gasteiger partial charge in [0.25, 0.3) is 10.0 Å². The highest BCUT2D eigenvalue weighted by molar-refractivity contribution is 7.91. The first-order valence-electron chi connectivity index (χ1n) is 6.52. The summed E-state index contributed by atoms with van der Waals surface area (Å²) in [7, 11) is -3.74. The number of nitrogens with zero attached hydrogens (tertiary/aromatic N) is 1. The van der Waals surface area contributed by atoms with E-state index in [9.17, 15) is 13.2 Å². The zero-order valence-electron chi connectivity index (χ0n) is 11.5. The van der Waals surface area contributed by atoms with Gasteiger partial charge in [-0.05, 0) is 31.9 Å². The lowest BCUT2D eigenvalue weighted by atomic mass is 10.3. The average molecular weight is 347 g/mol. The molecule has 2 heterocycles. The molecule has 3 N–H and O–H groups in total. The van der Waals surface area contributed by atoms with E-state index in [0.717, 1.165) is 24.2 Å². The fraction of sp³-hybridized carbons (Fsp3) is 0.500. The second-order valence-corrected chi connectivity index (χ2v) is 8.32. The number of thiophene rings is 1. The molecule has 116 valence electrons. The minimum Gasteiger partial charge on any atom is -0.389 e. The Labute approximate surface area is 133 Å². The highest BCUT2D eigenvalue weighted by Gasteiger charge is 2.28. The van der Waals surface area contributed by atoms with Crippen molar-refractivity contribution in [2.24, 2.45) is 5.73 Å². The van der Waals surface area contributed by atoms with Gasteiger partial charge in [-0.3, -0.25) is 4.79 Å². The van der Waals surface area contributed by atoms with Crippen LogP contribution in [-0.4, -0.2) is 43.3 Å². The molecule has 1 unspecified atom stereocenters. The number of sulfonamides is 1. The number of carbonyl (C=O) groups is 1. The van der Waals surface area contributed by atoms with E-state index in [2.05, 4.69) is 4.72 Å². The molecule has 1 fully saturated rings. The minimum atomic E-state index is -3.74. The van der Waals surface area contributed by atoms with E-state index in [1.54, 1.807) is 17.9 Å². The van der Waals surface area contributed by atoms with E-state index >= 15 is 0 Å². The van der Waals surface area contributed by atoms with Crippen LogP contribution >= 0.6 is 23.6 Å². The van der Waals surface area contributed by atoms with Crippen molar-refractivity contribution in [2.75, 3.05) is 13.1 Å². The van der Waals surface area contributed by atoms with Gasteiger partial charge in [0.1, 0.15) is 9.20 Å². The van der Waals surface area contributed by atoms with Gasteiger partial charge in [0.2, 0.25) is 5.91 Å². The quantitative estimate of drug-likeness (QED) is 0.764. The Hall–Kier alpha value is -1.03. The van der Waals surface area contributed by atoms with E-state index < -0.39 is 16.1 Å². The first kappa shape index (κ1) is 16.3. The molecule has 0 radical (unpaired) electrons. The lowest BCUT2D eigenvalue weighted by Gasteiger charge is -2.20. The molecule has 1 aliphatic rings. The lowest BCUT2D eigenvalue weighted by molar-refractivity contribution is -0.131. The van der Waals surface area contributed by atoms with Crippen molar-refractivity contribution < 1.29 is 13.2 Å². The van der Waals surface area contributed by atoms with E-state index in [1.807, 2.05) is 0 Å². The summed E-state index contributed by atoms with van der Waals surface area (Å²) in [5.41, 5.74) is 5.47. The van der Waals surface area contributed by atoms with Crippen molar-refractivity contribution in [1.29, 1.82) is 0 Å². The molecular weight excluding hydrogens is 330 g/mol. The SMILES string of the molecule is CC(NS(=O)(=O)c1ccc(C(N)=S)s1)C(=O)N1CCCC1. The molecule has 9 heteroatoms. The van der Waals surface area contributed by atoms with Crippen LogP contribution in [0.25, 0.3) is 0 Å². The smallest absolute Gasteiger partial charge is 0.250 e. The Morgan fingerprint density at radius 1 is 1.43 bits per heavy atom. The van der Waals surface area contributed by atoms with Crippen molar-refractivity contribution in [3.05, 3.63) is 17.0 Å². The third-order valence-corrected chi connectivity index (χ3v) is 6.71. The summed E-state index contributed by atoms with van der Waals surface area (Å²) in [4.78, 5) is 14.5. The van der Waals surface area contributed by atoms with Gasteiger partial charge in [-0.25, -0.2) is 8.42 Å². The summed E-state index contributed by atoms with van der Waals surface area (Å²) < 4.78 is 27.0. The summed E-state index contributed by atoms with van der Waals surface area (Å²) in [6.45, 7) is 2.94. The normalized spacial score (nSPS) is 16.9. The molecule has 6 nitrogen and oxygen atoms in total. The topological polar surface area (TPSA) is 92.5 Å². The first-order valence-corrected chi connectivity index (χ1v) is 9.23. The first-order chi connectivity index (χ1) is 9.81. The summed E-state index contributed by atoms with van der Waals surface area (Å²) >= 11 is 5.80. The molecular formula is C12H17N3O3S3. The van der Waals surface area contributed by atoms with Crippen LogP contribution < -0.4 is 10.5 Å². The molecule has 0 spiro atoms. The third-order valence-electron chi connectivity index (χ3n) is 3.21. The number of nitrogens with two attached hydrogens (primary N) is 1. The van der Waals surface area contributed by atoms with Crippen LogP contribution in [0.15, 0.2) is 16.3 Å². The van der Waals surface area contributed by atoms with Crippen LogP contribution in [0.4, 0.5) is 0 Å². The summed E-state index contributed by atoms with van der Waals surface area (Å²) in [6.07, 6.45) is 1.93. The van der Waals surface area contributed by atoms with Crippen LogP contribution in [0.2, 0.25) is 0 Å². The van der Waals surface area contributed by atoms with Crippen LogP contribution in [0.1, 0.15) is 24.6 Å². The monoisotopic (exact) mass is 347 g/mol. The van der Waals surface area contributed by atoms with Crippen LogP contribution in [-0.2, 0) is 14.8 Å². The van der Waals surface area contributed by atoms with Gasteiger partial charge in [-0.15, -0.1) is 11.3 Å². The summed E-state index contributed by atoms with van der Waals surface area (Å²) in [5, 5.41) is 0. The van der Waals surface area contributed by atoms with Gasteiger partial charge in [-0.1, -0.05) is 12.2 Å². The Morgan fingerprint density at radius 2 is 2.05 bits per heavy atom. The standard InChI is InChI=1S/C12H17N3O3S3/c1-8(12(16)15-6-2-3-7-15)14-21(17,18)10-5-4-9(20-10)11(13)19/h4-5,8,14H,2-3,6-7H2,1H3,(H2,13,19). The minimum absolute atomic E-state index is 0.103. The Bertz CT molecular complexity index is 648. The second-order valence-electron chi connectivity index (χ2n) is 4.86. The molecule has 0 aliphatic carbocycles. The van der Waals surface area contributed by atoms with Gasteiger partial charge in [-0.2, -0.15) is 4.72 Å². The van der Waals surface area contributed by atoms with E-state index in [4.69, 9.17) is 18.0 Å². The fourth-order valence-corrected chi connectivity index (χ4v) is 4.71. The van der Waals surface area contributed by atoms with E-state index in [1.165, 1.54) is 6.07 Å². The maximum absolute atomic E-state index is 12.2. The molecule has 0 aromatic carbocycles. The van der Waals surface area contributed by atoms with Gasteiger partial charge >= 0.3 is 0 Å². The molecule has 1 aromatic rings. The maximum atomic E-state index is 12.2. The summed E-state index contributed by atoms with van der Waals surface area (Å²) in [5.74, 6) is -0.192. The largest absolute Gasteiger partial charge is 0.389 e. The molecule has 2 rings (SSSR count). The van der Waals surface area contributed by atoms with Crippen LogP contribution in [0.5, 0.6) is 0 Å². The molecule has 1 saturated heterocycles. The second kappa shape index (κ2) is 6.39. The van der Waals surface area contributed by atoms with Crippen molar-refractivity contribution in [2.45, 2.75) is 30.0 Å². The van der Waals surface area contributed by atoms with Crippen molar-refractivity contribution in [1.82, 2.24) is 9.62 Å². The van der Waals surface area contributed by atoms with Gasteiger partial charge in [0.15, 0.2) is 0 Å². The van der Waals surface area contributed by atoms with Crippen molar-refractivity contribution in [3.8, 4) is 0 Å². The van der Waals surface area contributed by atoms with Gasteiger partial charge in [0.05, 0.1) is 10.9 Å². The number of nitrogens with one attached hydrogen (secondary N) is 1. The molecule has 1 aliphatic heterocycles. The highest BCUT2D eigenvalue weighted by atomic mass is 32.2. The predicted octanol–water partition coefficient (Wildman–Crippen LogP) is 0.672. The molecule has 1 atom stereocenters. The average Bonchev–Trinajstić information content (AvgIpc) is 3.08. The zero-order valence-corrected chi connectivity index (χ0v) is 14.0. The zero-order chi connectivity index (χ0) is 15.6. The lowest BCUT2D eigenvalue weighted by Crippen LogP contribution is -2.45. The number of hydrogen-bond donors (Lipinski definition) is 2. The third kappa shape index (κ3) is 3.79. The highest BCUT2D eigenvalue weighted by Crippen LogP contribution is 2.22. The number of carbonyl (C=O) groups excluding carboxylic acids is 1. The maximum Gasteiger partial charge on any atom is 0.250 e. The fourth-order valence-electron chi connectivity index (χ4n) is 2.15. The number of thiocarbonyl (C=S) groups is 1. The Kier molecular flexibility index (Phi) is 4.97. The molecule has 0 bridgehead atoms. The van der Waals surface area contributed by atoms with Crippen LogP contribution in [0, 0.1) is 0 Å². The van der Waals surface area contributed by atoms with E-state index in [0.29, 0.717) is 18.0 Å². The van der Waals surface area contributed by atoms with Gasteiger partial charge < -0.3 is 10.6 Å². The van der Waals surface area contributed by atoms with Gasteiger partial charge in [0, 0.05) is 13.1 Å². The summed E-state index contributed by atoms with van der Waals surface area (Å²) in [6, 6.07) is 2.21. The Morgan fingerprint density at radius 3 is 2.57 bits per heavy atom. The molecule has 1 aromatic heterocycles. The van der Waals surface area contributed by atoms with E-state index in [-0.39, 0.29) is 15.1 Å². The Balaban J connectivity index is 2.08. The molecule has 1 amide bonds.